The molecule has 5 heterocycles. The maximum Gasteiger partial charge on any atom is 0.155 e. The number of rotatable bonds is 15. The summed E-state index contributed by atoms with van der Waals surface area (Å²) >= 11 is 0. The van der Waals surface area contributed by atoms with Gasteiger partial charge in [0.2, 0.25) is 0 Å². The number of ketones is 5. The molecule has 5 N–H and O–H groups in total. The second-order valence-electron chi connectivity index (χ2n) is 32.4. The van der Waals surface area contributed by atoms with Crippen molar-refractivity contribution in [2.24, 2.45) is 5.92 Å². The standard InChI is InChI=1S/C21H22N.C19H16N.2C18H14N.C17H14N.5C5H8O2.5Ir/c1-14(2)9-17-5-6-18-7-8-20(22-21(18)13-17)19-11-15(3)10-16(4)12-19;1-14-8-9-18(15(2)12-14)17-10-11-20-19(13-17)16-6-4-3-5-7-16;1-14-6-5-9-16(12-14)17-10-11-19-18(13-17)15-7-3-2-4-8-15;1-14-7-9-15(10-8-14)17-11-12-19-18(13-17)16-5-3-2-4-6-16;1-12-9-13(2)11-15(10-12)17-8-7-14-5-3-4-6-16(14)18-17;5*1-4(6)3-5(2)7;;;;;/h5-8,10-11,13-14H,9H2,1-4H3;3-6,8-13H,1-2H3;2-7,9-13H,1H3;2-5,7-13H,1H3;3-10H,1-2H3;5*3,6H,1-2H3;;;;;/q5*-1;;;;;;;;;;. The molecule has 10 aromatic carbocycles. The molecule has 0 bridgehead atoms. The van der Waals surface area contributed by atoms with E-state index in [1.54, 1.807) is 0 Å². The third-order valence-electron chi connectivity index (χ3n) is 18.6. The first-order valence-electron chi connectivity index (χ1n) is 43.4. The smallest absolute Gasteiger partial charge is 0.155 e. The summed E-state index contributed by atoms with van der Waals surface area (Å²) in [7, 11) is 0. The van der Waals surface area contributed by atoms with Crippen molar-refractivity contribution in [3.8, 4) is 89.7 Å². The van der Waals surface area contributed by atoms with E-state index in [-0.39, 0.29) is 158 Å². The van der Waals surface area contributed by atoms with Crippen LogP contribution in [0.15, 0.2) is 345 Å². The van der Waals surface area contributed by atoms with Gasteiger partial charge in [0.25, 0.3) is 0 Å². The number of nitrogens with zero attached hydrogens (tertiary/aromatic N) is 5. The Bertz CT molecular complexity index is 6320. The van der Waals surface area contributed by atoms with E-state index in [0.717, 1.165) is 84.9 Å². The number of hydrogen-bond donors (Lipinski definition) is 5. The van der Waals surface area contributed by atoms with Gasteiger partial charge in [0, 0.05) is 149 Å². The van der Waals surface area contributed by atoms with Crippen molar-refractivity contribution in [2.75, 3.05) is 0 Å². The Labute approximate surface area is 883 Å². The number of aryl methyl sites for hydroxylation is 8. The van der Waals surface area contributed by atoms with Gasteiger partial charge in [-0.3, -0.25) is 33.9 Å². The largest absolute Gasteiger partial charge is 0.512 e. The van der Waals surface area contributed by atoms with E-state index < -0.39 is 0 Å². The summed E-state index contributed by atoms with van der Waals surface area (Å²) in [6, 6.07) is 108. The topological polar surface area (TPSA) is 251 Å². The molecule has 0 aliphatic rings. The molecule has 0 unspecified atom stereocenters. The van der Waals surface area contributed by atoms with Crippen LogP contribution in [0.3, 0.4) is 0 Å². The van der Waals surface area contributed by atoms with Crippen LogP contribution in [0.5, 0.6) is 0 Å². The number of carbonyl (C=O) groups is 5. The minimum Gasteiger partial charge on any atom is -0.512 e. The van der Waals surface area contributed by atoms with Crippen molar-refractivity contribution in [2.45, 2.75) is 145 Å². The van der Waals surface area contributed by atoms with Crippen molar-refractivity contribution >= 4 is 50.7 Å². The van der Waals surface area contributed by atoms with E-state index in [4.69, 9.17) is 35.5 Å². The Balaban J connectivity index is 0.000000788. The maximum absolute atomic E-state index is 10.0. The molecule has 15 rings (SSSR count). The Hall–Kier alpha value is -12.2. The second kappa shape index (κ2) is 65.5. The molecule has 0 saturated carbocycles. The number of pyridine rings is 5. The molecule has 138 heavy (non-hydrogen) atoms. The van der Waals surface area contributed by atoms with E-state index in [2.05, 4.69) is 278 Å². The molecule has 5 aromatic heterocycles. The van der Waals surface area contributed by atoms with Crippen molar-refractivity contribution in [3.63, 3.8) is 0 Å². The number of allylic oxidation sites excluding steroid dienone is 10. The minimum atomic E-state index is -0.125. The molecule has 15 aromatic rings. The first-order valence-corrected chi connectivity index (χ1v) is 43.4. The van der Waals surface area contributed by atoms with Crippen LogP contribution in [-0.2, 0) is 131 Å². The zero-order valence-electron chi connectivity index (χ0n) is 81.5. The number of aliphatic hydroxyl groups excluding tert-OH is 5. The van der Waals surface area contributed by atoms with Gasteiger partial charge in [0.05, 0.1) is 39.8 Å². The van der Waals surface area contributed by atoms with E-state index >= 15 is 0 Å². The zero-order chi connectivity index (χ0) is 97.6. The first-order chi connectivity index (χ1) is 63.2. The molecular weight excluding hydrogens is 2610 g/mol. The first kappa shape index (κ1) is 124. The maximum atomic E-state index is 10.0. The molecule has 0 aliphatic heterocycles. The third-order valence-corrected chi connectivity index (χ3v) is 18.6. The molecule has 0 saturated heterocycles. The number of aromatic nitrogens is 5. The summed E-state index contributed by atoms with van der Waals surface area (Å²) in [6.45, 7) is 35.6. The van der Waals surface area contributed by atoms with Crippen LogP contribution >= 0.6 is 0 Å². The number of benzene rings is 10. The summed E-state index contributed by atoms with van der Waals surface area (Å²) in [5, 5.41) is 44.2. The van der Waals surface area contributed by atoms with Gasteiger partial charge in [-0.05, 0) is 223 Å². The van der Waals surface area contributed by atoms with Crippen molar-refractivity contribution in [1.29, 1.82) is 0 Å². The monoisotopic (exact) mass is 2730 g/mol. The Morgan fingerprint density at radius 1 is 0.297 bits per heavy atom. The summed E-state index contributed by atoms with van der Waals surface area (Å²) in [5.41, 5.74) is 30.7. The van der Waals surface area contributed by atoms with Crippen molar-refractivity contribution < 1.29 is 150 Å². The summed E-state index contributed by atoms with van der Waals surface area (Å²) in [4.78, 5) is 72.9. The fourth-order valence-corrected chi connectivity index (χ4v) is 13.3. The molecule has 5 radical (unpaired) electrons. The van der Waals surface area contributed by atoms with Gasteiger partial charge < -0.3 is 40.5 Å². The number of carbonyl (C=O) groups excluding carboxylic acids is 5. The van der Waals surface area contributed by atoms with Gasteiger partial charge in [-0.2, -0.15) is 0 Å². The Morgan fingerprint density at radius 2 is 0.652 bits per heavy atom. The van der Waals surface area contributed by atoms with Gasteiger partial charge in [-0.25, -0.2) is 0 Å². The van der Waals surface area contributed by atoms with Crippen LogP contribution in [0.1, 0.15) is 133 Å². The fourth-order valence-electron chi connectivity index (χ4n) is 13.3. The van der Waals surface area contributed by atoms with Gasteiger partial charge in [-0.15, -0.1) is 177 Å². The van der Waals surface area contributed by atoms with E-state index in [1.807, 2.05) is 122 Å². The normalized spacial score (nSPS) is 10.5. The van der Waals surface area contributed by atoms with E-state index in [0.29, 0.717) is 5.92 Å². The second-order valence-corrected chi connectivity index (χ2v) is 32.4. The SMILES string of the molecule is CC(=O)C=C(C)O.CC(=O)C=C(C)O.CC(=O)C=C(C)O.CC(=O)C=C(C)O.CC(=O)C=C(C)O.Cc1[c-]c(-c2ccc3ccc(CC(C)C)cc3n2)cc(C)c1.Cc1[c-]c(-c2ccc3ccccc3n2)cc(C)c1.Cc1ccc(-c2ccnc(-c3[c-]cccc3)c2)c(C)c1.Cc1ccc(-c2ccnc(-c3[c-]cccc3)c2)cc1.Cc1cccc(-c2ccnc(-c3[c-]cccc3)c2)c1.[Ir].[Ir].[Ir].[Ir].[Ir]. The molecule has 0 spiro atoms. The quantitative estimate of drug-likeness (QED) is 0.0364. The van der Waals surface area contributed by atoms with Crippen LogP contribution in [0.4, 0.5) is 0 Å². The average molecular weight is 2730 g/mol. The fraction of sp³-hybridized carbons (Fsp3) is 0.186. The van der Waals surface area contributed by atoms with Crippen molar-refractivity contribution in [1.82, 2.24) is 24.9 Å². The Kier molecular flexibility index (Phi) is 58.8. The molecule has 0 atom stereocenters. The predicted octanol–water partition coefficient (Wildman–Crippen LogP) is 28.9. The number of hydrogen-bond acceptors (Lipinski definition) is 15. The number of para-hydroxylation sites is 1. The summed E-state index contributed by atoms with van der Waals surface area (Å²) in [5.74, 6) is 0.348. The molecule has 0 aliphatic carbocycles. The van der Waals surface area contributed by atoms with Crippen LogP contribution in [0.2, 0.25) is 0 Å². The van der Waals surface area contributed by atoms with Gasteiger partial charge in [0.15, 0.2) is 28.9 Å². The van der Waals surface area contributed by atoms with E-state index in [1.165, 1.54) is 183 Å². The predicted molar refractivity (Wildman–Crippen MR) is 546 cm³/mol. The average Bonchev–Trinajstić information content (AvgIpc) is 0.811. The van der Waals surface area contributed by atoms with Crippen LogP contribution in [0.25, 0.3) is 111 Å². The zero-order valence-corrected chi connectivity index (χ0v) is 93.5. The van der Waals surface area contributed by atoms with E-state index in [9.17, 15) is 24.0 Å². The van der Waals surface area contributed by atoms with Crippen LogP contribution in [0, 0.1) is 91.6 Å². The van der Waals surface area contributed by atoms with Crippen LogP contribution < -0.4 is 0 Å². The summed E-state index contributed by atoms with van der Waals surface area (Å²) < 4.78 is 0. The molecular formula is C118H120Ir5N5O10-5. The third kappa shape index (κ3) is 48.2. The van der Waals surface area contributed by atoms with Crippen molar-refractivity contribution in [3.05, 3.63) is 425 Å². The molecule has 0 amide bonds. The molecule has 20 heteroatoms. The van der Waals surface area contributed by atoms with Gasteiger partial charge in [-0.1, -0.05) is 198 Å². The number of aliphatic hydroxyl groups is 5. The van der Waals surface area contributed by atoms with Gasteiger partial charge in [0.1, 0.15) is 0 Å². The van der Waals surface area contributed by atoms with Crippen LogP contribution in [-0.4, -0.2) is 79.4 Å². The minimum absolute atomic E-state index is 0. The molecule has 0 fully saturated rings. The Morgan fingerprint density at radius 3 is 1.02 bits per heavy atom. The molecule has 15 nitrogen and oxygen atoms in total. The number of fused-ring (bicyclic) bond motifs is 2. The summed E-state index contributed by atoms with van der Waals surface area (Å²) in [6.07, 6.45) is 12.5. The molecule has 727 valence electrons. The van der Waals surface area contributed by atoms with Gasteiger partial charge >= 0.3 is 0 Å².